The lowest BCUT2D eigenvalue weighted by molar-refractivity contribution is -0.385. The Morgan fingerprint density at radius 2 is 1.97 bits per heavy atom. The Bertz CT molecular complexity index is 965. The summed E-state index contributed by atoms with van der Waals surface area (Å²) < 4.78 is 16.0. The van der Waals surface area contributed by atoms with Crippen molar-refractivity contribution in [3.63, 3.8) is 0 Å². The molecule has 0 saturated heterocycles. The number of carbonyl (C=O) groups is 1. The van der Waals surface area contributed by atoms with Crippen LogP contribution in [0.1, 0.15) is 31.9 Å². The summed E-state index contributed by atoms with van der Waals surface area (Å²) >= 11 is 0. The molecule has 0 fully saturated rings. The molecule has 9 heteroatoms. The van der Waals surface area contributed by atoms with Crippen molar-refractivity contribution in [1.82, 2.24) is 5.43 Å². The van der Waals surface area contributed by atoms with Gasteiger partial charge in [-0.3, -0.25) is 14.9 Å². The summed E-state index contributed by atoms with van der Waals surface area (Å²) in [5, 5.41) is 15.0. The molecule has 1 aliphatic heterocycles. The minimum Gasteiger partial charge on any atom is -0.483 e. The quantitative estimate of drug-likeness (QED) is 0.454. The fraction of sp³-hybridized carbons (Fsp3) is 0.300. The van der Waals surface area contributed by atoms with E-state index in [-0.39, 0.29) is 30.1 Å². The largest absolute Gasteiger partial charge is 0.483 e. The van der Waals surface area contributed by atoms with Gasteiger partial charge in [-0.25, -0.2) is 5.43 Å². The van der Waals surface area contributed by atoms with E-state index in [0.717, 1.165) is 5.56 Å². The lowest BCUT2D eigenvalue weighted by Crippen LogP contribution is -2.25. The average molecular weight is 399 g/mol. The molecule has 1 N–H and O–H groups in total. The first-order valence-electron chi connectivity index (χ1n) is 8.88. The van der Waals surface area contributed by atoms with Crippen molar-refractivity contribution < 1.29 is 23.9 Å². The molecule has 152 valence electrons. The van der Waals surface area contributed by atoms with Gasteiger partial charge in [0.25, 0.3) is 11.6 Å². The van der Waals surface area contributed by atoms with E-state index in [1.54, 1.807) is 6.07 Å². The van der Waals surface area contributed by atoms with E-state index in [0.29, 0.717) is 17.2 Å². The van der Waals surface area contributed by atoms with Crippen molar-refractivity contribution >= 4 is 17.8 Å². The molecule has 0 saturated carbocycles. The lowest BCUT2D eigenvalue weighted by atomic mass is 9.86. The number of carbonyl (C=O) groups excluding carboxylic acids is 1. The molecular weight excluding hydrogens is 378 g/mol. The fourth-order valence-corrected chi connectivity index (χ4v) is 2.77. The van der Waals surface area contributed by atoms with Gasteiger partial charge in [0.15, 0.2) is 18.1 Å². The number of benzene rings is 2. The predicted octanol–water partition coefficient (Wildman–Crippen LogP) is 3.15. The summed E-state index contributed by atoms with van der Waals surface area (Å²) in [5.41, 5.74) is 3.12. The number of fused-ring (bicyclic) bond motifs is 1. The summed E-state index contributed by atoms with van der Waals surface area (Å²) in [6.45, 7) is 5.92. The minimum absolute atomic E-state index is 0.00278. The predicted molar refractivity (Wildman–Crippen MR) is 106 cm³/mol. The Hall–Kier alpha value is -3.62. The van der Waals surface area contributed by atoms with Gasteiger partial charge >= 0.3 is 0 Å². The fourth-order valence-electron chi connectivity index (χ4n) is 2.77. The van der Waals surface area contributed by atoms with Crippen LogP contribution in [0.15, 0.2) is 41.5 Å². The van der Waals surface area contributed by atoms with Crippen LogP contribution in [-0.4, -0.2) is 30.4 Å². The van der Waals surface area contributed by atoms with Crippen molar-refractivity contribution in [3.05, 3.63) is 57.6 Å². The number of nitrogens with one attached hydrogen (secondary N) is 1. The van der Waals surface area contributed by atoms with Crippen molar-refractivity contribution in [2.45, 2.75) is 26.2 Å². The first-order valence-corrected chi connectivity index (χ1v) is 8.88. The molecule has 3 rings (SSSR count). The lowest BCUT2D eigenvalue weighted by Gasteiger charge is -2.22. The molecule has 29 heavy (non-hydrogen) atoms. The van der Waals surface area contributed by atoms with Crippen molar-refractivity contribution in [1.29, 1.82) is 0 Å². The first kappa shape index (κ1) is 20.1. The minimum atomic E-state index is -0.558. The monoisotopic (exact) mass is 399 g/mol. The maximum absolute atomic E-state index is 12.0. The second kappa shape index (κ2) is 8.17. The van der Waals surface area contributed by atoms with Crippen LogP contribution >= 0.6 is 0 Å². The van der Waals surface area contributed by atoms with Gasteiger partial charge in [0.1, 0.15) is 5.75 Å². The average Bonchev–Trinajstić information content (AvgIpc) is 3.12. The highest BCUT2D eigenvalue weighted by Gasteiger charge is 2.22. The molecule has 0 bridgehead atoms. The van der Waals surface area contributed by atoms with Gasteiger partial charge in [0.05, 0.1) is 22.8 Å². The van der Waals surface area contributed by atoms with Gasteiger partial charge < -0.3 is 14.2 Å². The van der Waals surface area contributed by atoms with E-state index in [1.807, 2.05) is 18.2 Å². The van der Waals surface area contributed by atoms with E-state index >= 15 is 0 Å². The smallest absolute Gasteiger partial charge is 0.282 e. The van der Waals surface area contributed by atoms with Crippen LogP contribution in [0.25, 0.3) is 0 Å². The molecule has 1 heterocycles. The normalized spacial score (nSPS) is 12.8. The van der Waals surface area contributed by atoms with Crippen LogP contribution in [-0.2, 0) is 10.2 Å². The van der Waals surface area contributed by atoms with Crippen molar-refractivity contribution in [2.75, 3.05) is 13.4 Å². The summed E-state index contributed by atoms with van der Waals surface area (Å²) in [5.74, 6) is 0.799. The second-order valence-corrected chi connectivity index (χ2v) is 7.35. The third kappa shape index (κ3) is 4.81. The number of nitro benzene ring substituents is 1. The number of para-hydroxylation sites is 1. The molecule has 0 spiro atoms. The maximum atomic E-state index is 12.0. The number of nitro groups is 1. The van der Waals surface area contributed by atoms with Crippen LogP contribution in [0, 0.1) is 10.1 Å². The Morgan fingerprint density at radius 3 is 2.66 bits per heavy atom. The number of nitrogens with zero attached hydrogens (tertiary/aromatic N) is 2. The molecule has 0 atom stereocenters. The van der Waals surface area contributed by atoms with Crippen molar-refractivity contribution in [2.24, 2.45) is 5.10 Å². The number of ether oxygens (including phenoxy) is 3. The Balaban J connectivity index is 1.64. The van der Waals surface area contributed by atoms with Crippen LogP contribution < -0.4 is 19.6 Å². The molecule has 0 radical (unpaired) electrons. The standard InChI is InChI=1S/C20H21N3O6/c1-20(2,3)14-6-4-5-7-16(14)27-11-19(24)22-21-10-13-8-17-18(29-12-28-17)9-15(13)23(25)26/h4-10H,11-12H2,1-3H3,(H,22,24)/b21-10-. The zero-order valence-electron chi connectivity index (χ0n) is 16.3. The Kier molecular flexibility index (Phi) is 5.67. The number of hydrogen-bond donors (Lipinski definition) is 1. The highest BCUT2D eigenvalue weighted by molar-refractivity contribution is 5.88. The van der Waals surface area contributed by atoms with Gasteiger partial charge in [-0.15, -0.1) is 0 Å². The van der Waals surface area contributed by atoms with Crippen LogP contribution in [0.2, 0.25) is 0 Å². The molecule has 0 aliphatic carbocycles. The topological polar surface area (TPSA) is 112 Å². The maximum Gasteiger partial charge on any atom is 0.282 e. The van der Waals surface area contributed by atoms with Gasteiger partial charge in [-0.1, -0.05) is 39.0 Å². The zero-order valence-corrected chi connectivity index (χ0v) is 16.3. The van der Waals surface area contributed by atoms with Gasteiger partial charge in [0, 0.05) is 0 Å². The summed E-state index contributed by atoms with van der Waals surface area (Å²) in [4.78, 5) is 22.7. The SMILES string of the molecule is CC(C)(C)c1ccccc1OCC(=O)N/N=C\c1cc2c(cc1[N+](=O)[O-])OCO2. The van der Waals surface area contributed by atoms with E-state index in [2.05, 4.69) is 31.3 Å². The molecule has 0 unspecified atom stereocenters. The summed E-state index contributed by atoms with van der Waals surface area (Å²) in [6, 6.07) is 10.2. The molecule has 1 amide bonds. The number of amides is 1. The molecule has 1 aliphatic rings. The third-order valence-electron chi connectivity index (χ3n) is 4.17. The van der Waals surface area contributed by atoms with E-state index in [1.165, 1.54) is 18.3 Å². The number of hydrogen-bond acceptors (Lipinski definition) is 7. The van der Waals surface area contributed by atoms with Crippen LogP contribution in [0.5, 0.6) is 17.2 Å². The van der Waals surface area contributed by atoms with Crippen LogP contribution in [0.4, 0.5) is 5.69 Å². The van der Waals surface area contributed by atoms with E-state index in [4.69, 9.17) is 14.2 Å². The van der Waals surface area contributed by atoms with Crippen molar-refractivity contribution in [3.8, 4) is 17.2 Å². The molecular formula is C20H21N3O6. The first-order chi connectivity index (χ1) is 13.8. The molecule has 2 aromatic rings. The number of hydrazone groups is 1. The number of rotatable bonds is 6. The molecule has 0 aromatic heterocycles. The van der Waals surface area contributed by atoms with E-state index < -0.39 is 10.8 Å². The summed E-state index contributed by atoms with van der Waals surface area (Å²) in [6.07, 6.45) is 1.18. The zero-order chi connectivity index (χ0) is 21.0. The van der Waals surface area contributed by atoms with Gasteiger partial charge in [0.2, 0.25) is 6.79 Å². The summed E-state index contributed by atoms with van der Waals surface area (Å²) in [7, 11) is 0. The van der Waals surface area contributed by atoms with Gasteiger partial charge in [-0.2, -0.15) is 5.10 Å². The van der Waals surface area contributed by atoms with E-state index in [9.17, 15) is 14.9 Å². The third-order valence-corrected chi connectivity index (χ3v) is 4.17. The highest BCUT2D eigenvalue weighted by Crippen LogP contribution is 2.37. The Morgan fingerprint density at radius 1 is 1.28 bits per heavy atom. The molecule has 2 aromatic carbocycles. The molecule has 9 nitrogen and oxygen atoms in total. The van der Waals surface area contributed by atoms with Crippen LogP contribution in [0.3, 0.4) is 0 Å². The second-order valence-electron chi connectivity index (χ2n) is 7.35. The van der Waals surface area contributed by atoms with Gasteiger partial charge in [-0.05, 0) is 23.1 Å². The Labute approximate surface area is 167 Å². The highest BCUT2D eigenvalue weighted by atomic mass is 16.7.